The van der Waals surface area contributed by atoms with Crippen LogP contribution in [0.1, 0.15) is 45.4 Å². The van der Waals surface area contributed by atoms with Crippen LogP contribution in [0, 0.1) is 5.92 Å². The van der Waals surface area contributed by atoms with Crippen molar-refractivity contribution in [3.05, 3.63) is 0 Å². The fourth-order valence-corrected chi connectivity index (χ4v) is 1.95. The molecular weight excluding hydrogens is 236 g/mol. The zero-order valence-electron chi connectivity index (χ0n) is 10.6. The molecule has 1 fully saturated rings. The van der Waals surface area contributed by atoms with Crippen molar-refractivity contribution in [3.63, 3.8) is 0 Å². The van der Waals surface area contributed by atoms with Gasteiger partial charge in [0, 0.05) is 18.9 Å². The van der Waals surface area contributed by atoms with E-state index in [0.717, 1.165) is 19.3 Å². The monoisotopic (exact) mass is 256 g/mol. The van der Waals surface area contributed by atoms with E-state index in [2.05, 4.69) is 0 Å². The second-order valence-electron chi connectivity index (χ2n) is 4.68. The van der Waals surface area contributed by atoms with Crippen LogP contribution >= 0.6 is 0 Å². The van der Waals surface area contributed by atoms with Crippen molar-refractivity contribution in [2.24, 2.45) is 11.7 Å². The third-order valence-corrected chi connectivity index (χ3v) is 3.28. The highest BCUT2D eigenvalue weighted by Crippen LogP contribution is 2.21. The van der Waals surface area contributed by atoms with Gasteiger partial charge in [-0.3, -0.25) is 19.6 Å². The molecule has 0 aromatic rings. The Hall–Kier alpha value is -1.27. The van der Waals surface area contributed by atoms with E-state index in [-0.39, 0.29) is 29.7 Å². The Bertz CT molecular complexity index is 343. The molecule has 2 atom stereocenters. The number of hydroxylamine groups is 2. The van der Waals surface area contributed by atoms with Crippen molar-refractivity contribution in [1.29, 1.82) is 0 Å². The van der Waals surface area contributed by atoms with E-state index in [0.29, 0.717) is 6.42 Å². The molecule has 6 nitrogen and oxygen atoms in total. The van der Waals surface area contributed by atoms with Crippen LogP contribution in [-0.2, 0) is 14.4 Å². The number of Topliss-reactive ketones (excluding diaryl/α,β-unsaturated/α-hetero) is 1. The average molecular weight is 256 g/mol. The van der Waals surface area contributed by atoms with Gasteiger partial charge in [0.15, 0.2) is 0 Å². The first-order chi connectivity index (χ1) is 8.47. The molecule has 2 amide bonds. The first-order valence-electron chi connectivity index (χ1n) is 6.31. The number of hydrogen-bond acceptors (Lipinski definition) is 5. The Labute approximate surface area is 106 Å². The highest BCUT2D eigenvalue weighted by molar-refractivity contribution is 6.13. The van der Waals surface area contributed by atoms with Gasteiger partial charge in [0.25, 0.3) is 11.8 Å². The van der Waals surface area contributed by atoms with Gasteiger partial charge >= 0.3 is 0 Å². The highest BCUT2D eigenvalue weighted by atomic mass is 16.5. The lowest BCUT2D eigenvalue weighted by Gasteiger charge is -2.09. The Morgan fingerprint density at radius 1 is 1.50 bits per heavy atom. The fourth-order valence-electron chi connectivity index (χ4n) is 1.95. The molecule has 1 aliphatic heterocycles. The molecule has 0 spiro atoms. The number of imide groups is 1. The van der Waals surface area contributed by atoms with Gasteiger partial charge in [0.2, 0.25) is 0 Å². The number of nitrogens with zero attached hydrogens (tertiary/aromatic N) is 1. The molecule has 0 radical (unpaired) electrons. The topological polar surface area (TPSA) is 101 Å². The molecule has 0 aromatic carbocycles. The van der Waals surface area contributed by atoms with Crippen molar-refractivity contribution in [2.75, 3.05) is 0 Å². The minimum atomic E-state index is -0.984. The number of amides is 2. The Morgan fingerprint density at radius 3 is 2.67 bits per heavy atom. The summed E-state index contributed by atoms with van der Waals surface area (Å²) in [5, 5.41) is 9.08. The van der Waals surface area contributed by atoms with Crippen LogP contribution in [0.3, 0.4) is 0 Å². The van der Waals surface area contributed by atoms with Gasteiger partial charge in [-0.1, -0.05) is 13.3 Å². The summed E-state index contributed by atoms with van der Waals surface area (Å²) in [7, 11) is 0. The predicted molar refractivity (Wildman–Crippen MR) is 63.5 cm³/mol. The minimum absolute atomic E-state index is 0.0512. The number of carbonyl (C=O) groups excluding carboxylic acids is 3. The Balaban J connectivity index is 2.30. The fraction of sp³-hybridized carbons (Fsp3) is 0.750. The third-order valence-electron chi connectivity index (χ3n) is 3.28. The van der Waals surface area contributed by atoms with E-state index in [9.17, 15) is 14.4 Å². The van der Waals surface area contributed by atoms with E-state index in [4.69, 9.17) is 10.9 Å². The minimum Gasteiger partial charge on any atom is -0.328 e. The molecule has 0 aromatic heterocycles. The van der Waals surface area contributed by atoms with Crippen LogP contribution in [0.2, 0.25) is 0 Å². The summed E-state index contributed by atoms with van der Waals surface area (Å²) in [6.45, 7) is 2.01. The zero-order chi connectivity index (χ0) is 13.7. The molecule has 0 saturated carbocycles. The van der Waals surface area contributed by atoms with Crippen LogP contribution in [-0.4, -0.2) is 33.9 Å². The van der Waals surface area contributed by atoms with Gasteiger partial charge in [0.05, 0.1) is 0 Å². The molecule has 18 heavy (non-hydrogen) atoms. The van der Waals surface area contributed by atoms with Gasteiger partial charge in [-0.2, -0.15) is 5.06 Å². The second kappa shape index (κ2) is 6.61. The highest BCUT2D eigenvalue weighted by Gasteiger charge is 2.41. The number of unbranched alkanes of at least 4 members (excludes halogenated alkanes) is 1. The molecular formula is C12H20N2O4. The van der Waals surface area contributed by atoms with Crippen LogP contribution in [0.25, 0.3) is 0 Å². The second-order valence-corrected chi connectivity index (χ2v) is 4.68. The van der Waals surface area contributed by atoms with Crippen LogP contribution < -0.4 is 5.73 Å². The van der Waals surface area contributed by atoms with Crippen LogP contribution in [0.5, 0.6) is 0 Å². The van der Waals surface area contributed by atoms with E-state index in [1.54, 1.807) is 0 Å². The summed E-state index contributed by atoms with van der Waals surface area (Å²) in [5.41, 5.74) is 5.75. The van der Waals surface area contributed by atoms with Crippen molar-refractivity contribution in [3.8, 4) is 0 Å². The van der Waals surface area contributed by atoms with Gasteiger partial charge in [0.1, 0.15) is 11.7 Å². The van der Waals surface area contributed by atoms with Gasteiger partial charge in [-0.05, 0) is 19.3 Å². The summed E-state index contributed by atoms with van der Waals surface area (Å²) in [4.78, 5) is 34.1. The van der Waals surface area contributed by atoms with E-state index in [1.807, 2.05) is 6.92 Å². The number of ketones is 1. The van der Waals surface area contributed by atoms with Gasteiger partial charge in [-0.15, -0.1) is 0 Å². The summed E-state index contributed by atoms with van der Waals surface area (Å²) < 4.78 is 0. The molecule has 2 unspecified atom stereocenters. The summed E-state index contributed by atoms with van der Waals surface area (Å²) >= 11 is 0. The third kappa shape index (κ3) is 3.61. The van der Waals surface area contributed by atoms with Gasteiger partial charge < -0.3 is 5.73 Å². The molecule has 102 valence electrons. The van der Waals surface area contributed by atoms with Crippen molar-refractivity contribution in [1.82, 2.24) is 5.06 Å². The molecule has 1 aliphatic rings. The zero-order valence-corrected chi connectivity index (χ0v) is 10.6. The lowest BCUT2D eigenvalue weighted by atomic mass is 9.97. The summed E-state index contributed by atoms with van der Waals surface area (Å²) in [5.74, 6) is -2.75. The maximum atomic E-state index is 11.7. The molecule has 1 heterocycles. The maximum absolute atomic E-state index is 11.7. The summed E-state index contributed by atoms with van der Waals surface area (Å²) in [6.07, 6.45) is 3.31. The van der Waals surface area contributed by atoms with Crippen LogP contribution in [0.15, 0.2) is 0 Å². The first kappa shape index (κ1) is 14.8. The van der Waals surface area contributed by atoms with E-state index >= 15 is 0 Å². The quantitative estimate of drug-likeness (QED) is 0.301. The molecule has 0 bridgehead atoms. The smallest absolute Gasteiger partial charge is 0.264 e. The molecule has 3 N–H and O–H groups in total. The number of hydrogen-bond donors (Lipinski definition) is 2. The van der Waals surface area contributed by atoms with Gasteiger partial charge in [-0.25, -0.2) is 0 Å². The number of carbonyl (C=O) groups is 3. The standard InChI is InChI=1S/C12H20N2O4/c1-2-8(13)5-3-4-6-10(15)9-7-11(16)14(18)12(9)17/h8-9,18H,2-7,13H2,1H3. The predicted octanol–water partition coefficient (Wildman–Crippen LogP) is 0.617. The van der Waals surface area contributed by atoms with Crippen molar-refractivity contribution >= 4 is 17.6 Å². The van der Waals surface area contributed by atoms with Crippen LogP contribution in [0.4, 0.5) is 0 Å². The lowest BCUT2D eigenvalue weighted by Crippen LogP contribution is -2.29. The van der Waals surface area contributed by atoms with Crippen molar-refractivity contribution < 1.29 is 19.6 Å². The lowest BCUT2D eigenvalue weighted by molar-refractivity contribution is -0.172. The summed E-state index contributed by atoms with van der Waals surface area (Å²) in [6, 6.07) is 0.155. The first-order valence-corrected chi connectivity index (χ1v) is 6.31. The SMILES string of the molecule is CCC(N)CCCCC(=O)C1CC(=O)N(O)C1=O. The normalized spacial score (nSPS) is 21.5. The number of rotatable bonds is 7. The molecule has 0 aliphatic carbocycles. The maximum Gasteiger partial charge on any atom is 0.264 e. The molecule has 1 saturated heterocycles. The molecule has 1 rings (SSSR count). The van der Waals surface area contributed by atoms with Crippen molar-refractivity contribution in [2.45, 2.75) is 51.5 Å². The van der Waals surface area contributed by atoms with E-state index < -0.39 is 17.7 Å². The van der Waals surface area contributed by atoms with E-state index in [1.165, 1.54) is 0 Å². The number of nitrogens with two attached hydrogens (primary N) is 1. The molecule has 6 heteroatoms. The average Bonchev–Trinajstić information content (AvgIpc) is 2.61. The Morgan fingerprint density at radius 2 is 2.17 bits per heavy atom. The largest absolute Gasteiger partial charge is 0.328 e. The Kier molecular flexibility index (Phi) is 5.43.